The Balaban J connectivity index is 2.10. The number of halogens is 1. The lowest BCUT2D eigenvalue weighted by atomic mass is 10.1. The van der Waals surface area contributed by atoms with Crippen molar-refractivity contribution in [3.63, 3.8) is 0 Å². The molecule has 0 spiro atoms. The number of aromatic hydroxyl groups is 1. The molecular weight excluding hydrogens is 408 g/mol. The van der Waals surface area contributed by atoms with Crippen molar-refractivity contribution in [1.29, 1.82) is 0 Å². The molecule has 0 saturated heterocycles. The molecule has 1 amide bonds. The van der Waals surface area contributed by atoms with Gasteiger partial charge in [0, 0.05) is 17.6 Å². The number of nitrogens with zero attached hydrogens (tertiary/aromatic N) is 2. The second kappa shape index (κ2) is 8.79. The number of rotatable bonds is 5. The number of hydrogen-bond donors (Lipinski definition) is 3. The molecule has 154 valence electrons. The maximum Gasteiger partial charge on any atom is 0.335 e. The van der Waals surface area contributed by atoms with Gasteiger partial charge in [-0.2, -0.15) is 0 Å². The monoisotopic (exact) mass is 426 g/mol. The van der Waals surface area contributed by atoms with Crippen molar-refractivity contribution in [3.8, 4) is 11.6 Å². The van der Waals surface area contributed by atoms with E-state index < -0.39 is 17.1 Å². The molecule has 3 rings (SSSR count). The summed E-state index contributed by atoms with van der Waals surface area (Å²) >= 11 is 5.89. The zero-order valence-electron chi connectivity index (χ0n) is 16.3. The number of aliphatic imine (C=N–C) groups is 1. The van der Waals surface area contributed by atoms with Gasteiger partial charge >= 0.3 is 5.69 Å². The number of nitrogens with one attached hydrogen (secondary N) is 2. The molecule has 0 bridgehead atoms. The highest BCUT2D eigenvalue weighted by Crippen LogP contribution is 2.23. The normalized spacial score (nSPS) is 11.4. The number of hydrogen-bond acceptors (Lipinski definition) is 5. The molecule has 1 heterocycles. The van der Waals surface area contributed by atoms with E-state index in [9.17, 15) is 19.5 Å². The number of amides is 1. The van der Waals surface area contributed by atoms with E-state index in [2.05, 4.69) is 15.3 Å². The van der Waals surface area contributed by atoms with Crippen LogP contribution in [-0.4, -0.2) is 26.3 Å². The predicted molar refractivity (Wildman–Crippen MR) is 117 cm³/mol. The van der Waals surface area contributed by atoms with Crippen LogP contribution in [0.1, 0.15) is 25.8 Å². The summed E-state index contributed by atoms with van der Waals surface area (Å²) in [4.78, 5) is 42.6. The predicted octanol–water partition coefficient (Wildman–Crippen LogP) is 3.37. The van der Waals surface area contributed by atoms with Crippen molar-refractivity contribution in [2.75, 3.05) is 5.32 Å². The summed E-state index contributed by atoms with van der Waals surface area (Å²) in [6, 6.07) is 12.9. The van der Waals surface area contributed by atoms with Crippen LogP contribution in [0.15, 0.2) is 63.1 Å². The van der Waals surface area contributed by atoms with E-state index in [1.54, 1.807) is 55.5 Å². The third-order valence-electron chi connectivity index (χ3n) is 4.25. The number of anilines is 1. The van der Waals surface area contributed by atoms with Crippen LogP contribution >= 0.6 is 11.6 Å². The number of benzene rings is 2. The molecule has 0 radical (unpaired) electrons. The summed E-state index contributed by atoms with van der Waals surface area (Å²) in [6.07, 6.45) is 0.322. The van der Waals surface area contributed by atoms with Crippen molar-refractivity contribution in [2.24, 2.45) is 4.99 Å². The average molecular weight is 427 g/mol. The number of aromatic nitrogens is 2. The molecule has 0 aliphatic carbocycles. The minimum atomic E-state index is -0.779. The van der Waals surface area contributed by atoms with Crippen molar-refractivity contribution in [3.05, 3.63) is 80.0 Å². The smallest absolute Gasteiger partial charge is 0.335 e. The maximum absolute atomic E-state index is 12.5. The number of carbonyl (C=O) groups is 1. The minimum Gasteiger partial charge on any atom is -0.493 e. The average Bonchev–Trinajstić information content (AvgIpc) is 2.69. The van der Waals surface area contributed by atoms with Gasteiger partial charge in [-0.15, -0.1) is 0 Å². The molecule has 0 aliphatic heterocycles. The van der Waals surface area contributed by atoms with Crippen LogP contribution in [0.2, 0.25) is 5.02 Å². The number of carbonyl (C=O) groups excluding carboxylic acids is 1. The van der Waals surface area contributed by atoms with E-state index in [4.69, 9.17) is 11.6 Å². The quantitative estimate of drug-likeness (QED) is 0.542. The van der Waals surface area contributed by atoms with Gasteiger partial charge in [0.25, 0.3) is 5.56 Å². The fourth-order valence-electron chi connectivity index (χ4n) is 2.91. The number of H-pyrrole nitrogens is 1. The summed E-state index contributed by atoms with van der Waals surface area (Å²) < 4.78 is 0.984. The van der Waals surface area contributed by atoms with Crippen LogP contribution in [0.4, 0.5) is 11.4 Å². The van der Waals surface area contributed by atoms with Gasteiger partial charge in [-0.1, -0.05) is 18.5 Å². The first kappa shape index (κ1) is 21.1. The van der Waals surface area contributed by atoms with Crippen molar-refractivity contribution >= 4 is 34.6 Å². The van der Waals surface area contributed by atoms with Crippen LogP contribution in [0.25, 0.3) is 5.69 Å². The molecule has 2 aromatic carbocycles. The van der Waals surface area contributed by atoms with Gasteiger partial charge < -0.3 is 10.4 Å². The molecular formula is C21H19ClN4O4. The zero-order valence-corrected chi connectivity index (χ0v) is 17.0. The van der Waals surface area contributed by atoms with Crippen molar-refractivity contribution < 1.29 is 9.90 Å². The highest BCUT2D eigenvalue weighted by molar-refractivity contribution is 6.30. The topological polar surface area (TPSA) is 117 Å². The summed E-state index contributed by atoms with van der Waals surface area (Å²) in [5.41, 5.74) is 0.147. The highest BCUT2D eigenvalue weighted by atomic mass is 35.5. The molecule has 8 nitrogen and oxygen atoms in total. The molecule has 0 saturated carbocycles. The first-order valence-corrected chi connectivity index (χ1v) is 9.47. The van der Waals surface area contributed by atoms with E-state index in [0.717, 1.165) is 4.57 Å². The molecule has 1 aromatic heterocycles. The summed E-state index contributed by atoms with van der Waals surface area (Å²) in [6.45, 7) is 3.19. The van der Waals surface area contributed by atoms with Crippen molar-refractivity contribution in [1.82, 2.24) is 9.55 Å². The Morgan fingerprint density at radius 1 is 1.13 bits per heavy atom. The molecule has 9 heteroatoms. The SMILES string of the molecule is CCC(=Nc1ccc(NC(C)=O)cc1)c1c(O)n(-c2ccc(Cl)cc2)c(=O)[nH]c1=O. The molecule has 0 fully saturated rings. The first-order valence-electron chi connectivity index (χ1n) is 9.10. The Morgan fingerprint density at radius 3 is 2.33 bits per heavy atom. The van der Waals surface area contributed by atoms with E-state index in [-0.39, 0.29) is 11.5 Å². The summed E-state index contributed by atoms with van der Waals surface area (Å²) in [5, 5.41) is 13.9. The van der Waals surface area contributed by atoms with Gasteiger partial charge in [0.1, 0.15) is 5.56 Å². The Labute approximate surface area is 176 Å². The van der Waals surface area contributed by atoms with Gasteiger partial charge in [-0.25, -0.2) is 9.36 Å². The van der Waals surface area contributed by atoms with Crippen LogP contribution in [0.5, 0.6) is 5.88 Å². The van der Waals surface area contributed by atoms with Crippen LogP contribution in [0.3, 0.4) is 0 Å². The largest absolute Gasteiger partial charge is 0.493 e. The third-order valence-corrected chi connectivity index (χ3v) is 4.50. The van der Waals surface area contributed by atoms with E-state index in [1.807, 2.05) is 0 Å². The Kier molecular flexibility index (Phi) is 6.17. The van der Waals surface area contributed by atoms with Crippen LogP contribution < -0.4 is 16.6 Å². The highest BCUT2D eigenvalue weighted by Gasteiger charge is 2.19. The van der Waals surface area contributed by atoms with E-state index in [1.165, 1.54) is 6.92 Å². The molecule has 30 heavy (non-hydrogen) atoms. The van der Waals surface area contributed by atoms with Gasteiger partial charge in [0.05, 0.1) is 17.1 Å². The van der Waals surface area contributed by atoms with Gasteiger partial charge in [0.2, 0.25) is 11.8 Å². The van der Waals surface area contributed by atoms with Gasteiger partial charge in [0.15, 0.2) is 0 Å². The summed E-state index contributed by atoms with van der Waals surface area (Å²) in [5.74, 6) is -0.706. The summed E-state index contributed by atoms with van der Waals surface area (Å²) in [7, 11) is 0. The van der Waals surface area contributed by atoms with Gasteiger partial charge in [-0.3, -0.25) is 19.6 Å². The standard InChI is InChI=1S/C21H19ClN4O4/c1-3-17(24-15-8-6-14(7-9-15)23-12(2)27)18-19(28)25-21(30)26(20(18)29)16-10-4-13(22)5-11-16/h4-11,29H,3H2,1-2H3,(H,23,27)(H,25,28,30). The second-order valence-electron chi connectivity index (χ2n) is 6.41. The maximum atomic E-state index is 12.5. The third kappa shape index (κ3) is 4.49. The molecule has 0 unspecified atom stereocenters. The van der Waals surface area contributed by atoms with Crippen molar-refractivity contribution in [2.45, 2.75) is 20.3 Å². The molecule has 3 N–H and O–H groups in total. The zero-order chi connectivity index (χ0) is 21.8. The van der Waals surface area contributed by atoms with E-state index >= 15 is 0 Å². The Bertz CT molecular complexity index is 1230. The fourth-order valence-corrected chi connectivity index (χ4v) is 3.03. The van der Waals surface area contributed by atoms with E-state index in [0.29, 0.717) is 34.2 Å². The van der Waals surface area contributed by atoms with Crippen LogP contribution in [-0.2, 0) is 4.79 Å². The lowest BCUT2D eigenvalue weighted by molar-refractivity contribution is -0.114. The first-order chi connectivity index (χ1) is 14.3. The Hall–Kier alpha value is -3.65. The number of aromatic amines is 1. The minimum absolute atomic E-state index is 0.0991. The van der Waals surface area contributed by atoms with Crippen LogP contribution in [0, 0.1) is 0 Å². The lowest BCUT2D eigenvalue weighted by Gasteiger charge is -2.12. The van der Waals surface area contributed by atoms with Gasteiger partial charge in [-0.05, 0) is 55.0 Å². The molecule has 0 atom stereocenters. The fraction of sp³-hybridized carbons (Fsp3) is 0.143. The molecule has 0 aliphatic rings. The lowest BCUT2D eigenvalue weighted by Crippen LogP contribution is -2.33. The molecule has 3 aromatic rings. The second-order valence-corrected chi connectivity index (χ2v) is 6.85. The Morgan fingerprint density at radius 2 is 1.77 bits per heavy atom.